The number of nitro benzene ring substituents is 1. The van der Waals surface area contributed by atoms with Crippen LogP contribution in [0.4, 0.5) is 5.69 Å². The van der Waals surface area contributed by atoms with Crippen molar-refractivity contribution >= 4 is 37.0 Å². The Morgan fingerprint density at radius 1 is 1.10 bits per heavy atom. The van der Waals surface area contributed by atoms with Crippen molar-refractivity contribution in [3.63, 3.8) is 0 Å². The van der Waals surface area contributed by atoms with E-state index < -0.39 is 24.6 Å². The van der Waals surface area contributed by atoms with Gasteiger partial charge in [0.2, 0.25) is 0 Å². The quantitative estimate of drug-likeness (QED) is 0.474. The average molecular weight is 348 g/mol. The van der Waals surface area contributed by atoms with Crippen LogP contribution in [0, 0.1) is 10.1 Å². The molecule has 9 heteroatoms. The summed E-state index contributed by atoms with van der Waals surface area (Å²) >= 11 is 5.79. The van der Waals surface area contributed by atoms with Gasteiger partial charge in [-0.2, -0.15) is 0 Å². The molecule has 0 heterocycles. The van der Waals surface area contributed by atoms with Gasteiger partial charge in [-0.3, -0.25) is 10.1 Å². The first-order chi connectivity index (χ1) is 9.75. The monoisotopic (exact) mass is 347 g/mol. The Bertz CT molecular complexity index is 807. The Hall–Kier alpha value is -1.83. The number of nitro groups is 1. The molecule has 2 aromatic carbocycles. The number of hydrogen-bond donors (Lipinski definition) is 0. The highest BCUT2D eigenvalue weighted by Crippen LogP contribution is 2.31. The lowest BCUT2D eigenvalue weighted by atomic mass is 10.3. The molecule has 2 rings (SSSR count). The molecule has 110 valence electrons. The summed E-state index contributed by atoms with van der Waals surface area (Å²) in [4.78, 5) is 9.67. The van der Waals surface area contributed by atoms with Crippen molar-refractivity contribution in [3.8, 4) is 11.5 Å². The molecular formula is C12H7Cl2NO5S. The van der Waals surface area contributed by atoms with E-state index in [2.05, 4.69) is 0 Å². The number of non-ortho nitro benzene ring substituents is 1. The number of ether oxygens (including phenoxy) is 1. The lowest BCUT2D eigenvalue weighted by Gasteiger charge is -2.07. The van der Waals surface area contributed by atoms with E-state index in [4.69, 9.17) is 27.0 Å². The fourth-order valence-electron chi connectivity index (χ4n) is 1.53. The molecule has 0 aromatic heterocycles. The van der Waals surface area contributed by atoms with Gasteiger partial charge in [-0.15, -0.1) is 0 Å². The molecule has 0 fully saturated rings. The van der Waals surface area contributed by atoms with Crippen LogP contribution in [0.1, 0.15) is 0 Å². The zero-order valence-electron chi connectivity index (χ0n) is 10.2. The summed E-state index contributed by atoms with van der Waals surface area (Å²) in [5, 5.41) is 11.2. The van der Waals surface area contributed by atoms with Crippen molar-refractivity contribution < 1.29 is 18.1 Å². The highest BCUT2D eigenvalue weighted by molar-refractivity contribution is 8.13. The van der Waals surface area contributed by atoms with Gasteiger partial charge >= 0.3 is 0 Å². The molecule has 0 N–H and O–H groups in total. The van der Waals surface area contributed by atoms with E-state index >= 15 is 0 Å². The molecule has 2 aromatic rings. The van der Waals surface area contributed by atoms with Crippen LogP contribution in [0.3, 0.4) is 0 Å². The molecule has 0 amide bonds. The number of halogens is 2. The predicted molar refractivity (Wildman–Crippen MR) is 77.7 cm³/mol. The summed E-state index contributed by atoms with van der Waals surface area (Å²) in [6, 6.07) is 9.33. The Morgan fingerprint density at radius 3 is 2.38 bits per heavy atom. The standard InChI is InChI=1S/C12H7Cl2NO5S/c13-8-2-1-3-10(4-8)20-11-5-9(15(16)17)6-12(7-11)21(14,18)19/h1-7H. The maximum atomic E-state index is 11.3. The molecule has 0 aliphatic carbocycles. The van der Waals surface area contributed by atoms with Gasteiger partial charge in [-0.1, -0.05) is 17.7 Å². The zero-order chi connectivity index (χ0) is 15.6. The van der Waals surface area contributed by atoms with Crippen molar-refractivity contribution in [1.29, 1.82) is 0 Å². The second-order valence-corrected chi connectivity index (χ2v) is 6.92. The largest absolute Gasteiger partial charge is 0.457 e. The first kappa shape index (κ1) is 15.6. The second-order valence-electron chi connectivity index (χ2n) is 3.92. The molecular weight excluding hydrogens is 341 g/mol. The van der Waals surface area contributed by atoms with E-state index in [-0.39, 0.29) is 5.75 Å². The fourth-order valence-corrected chi connectivity index (χ4v) is 2.49. The van der Waals surface area contributed by atoms with E-state index in [9.17, 15) is 18.5 Å². The van der Waals surface area contributed by atoms with Crippen LogP contribution < -0.4 is 4.74 Å². The third kappa shape index (κ3) is 4.07. The number of nitrogens with zero attached hydrogens (tertiary/aromatic N) is 1. The van der Waals surface area contributed by atoms with Gasteiger partial charge < -0.3 is 4.74 Å². The lowest BCUT2D eigenvalue weighted by molar-refractivity contribution is -0.385. The minimum absolute atomic E-state index is 0.0364. The van der Waals surface area contributed by atoms with Crippen molar-refractivity contribution in [3.05, 3.63) is 57.6 Å². The summed E-state index contributed by atoms with van der Waals surface area (Å²) in [7, 11) is 1.09. The van der Waals surface area contributed by atoms with Crippen molar-refractivity contribution in [2.24, 2.45) is 0 Å². The lowest BCUT2D eigenvalue weighted by Crippen LogP contribution is -1.96. The summed E-state index contributed by atoms with van der Waals surface area (Å²) in [6.45, 7) is 0. The Balaban J connectivity index is 2.48. The molecule has 0 aliphatic heterocycles. The van der Waals surface area contributed by atoms with Gasteiger partial charge in [0.15, 0.2) is 0 Å². The topological polar surface area (TPSA) is 86.5 Å². The minimum atomic E-state index is -4.12. The van der Waals surface area contributed by atoms with Gasteiger partial charge in [0.05, 0.1) is 15.9 Å². The highest BCUT2D eigenvalue weighted by atomic mass is 35.7. The zero-order valence-corrected chi connectivity index (χ0v) is 12.5. The fraction of sp³-hybridized carbons (Fsp3) is 0. The predicted octanol–water partition coefficient (Wildman–Crippen LogP) is 3.97. The number of benzene rings is 2. The van der Waals surface area contributed by atoms with E-state index in [1.54, 1.807) is 18.2 Å². The van der Waals surface area contributed by atoms with Crippen LogP contribution in [0.25, 0.3) is 0 Å². The SMILES string of the molecule is O=[N+]([O-])c1cc(Oc2cccc(Cl)c2)cc(S(=O)(=O)Cl)c1. The first-order valence-electron chi connectivity index (χ1n) is 5.43. The van der Waals surface area contributed by atoms with Gasteiger partial charge in [-0.25, -0.2) is 8.42 Å². The van der Waals surface area contributed by atoms with Crippen molar-refractivity contribution in [1.82, 2.24) is 0 Å². The van der Waals surface area contributed by atoms with Crippen LogP contribution in [0.2, 0.25) is 5.02 Å². The first-order valence-corrected chi connectivity index (χ1v) is 8.12. The van der Waals surface area contributed by atoms with Gasteiger partial charge in [-0.05, 0) is 18.2 Å². The molecule has 0 bridgehead atoms. The summed E-state index contributed by atoms with van der Waals surface area (Å²) in [5.74, 6) is 0.270. The Kier molecular flexibility index (Phi) is 4.36. The molecule has 0 saturated carbocycles. The molecule has 0 spiro atoms. The van der Waals surface area contributed by atoms with E-state index in [1.807, 2.05) is 0 Å². The summed E-state index contributed by atoms with van der Waals surface area (Å²) < 4.78 is 28.0. The maximum Gasteiger partial charge on any atom is 0.274 e. The summed E-state index contributed by atoms with van der Waals surface area (Å²) in [5.41, 5.74) is -0.450. The molecule has 0 aliphatic rings. The molecule has 0 unspecified atom stereocenters. The molecule has 21 heavy (non-hydrogen) atoms. The Morgan fingerprint density at radius 2 is 1.81 bits per heavy atom. The van der Waals surface area contributed by atoms with Gasteiger partial charge in [0.1, 0.15) is 11.5 Å². The van der Waals surface area contributed by atoms with Gasteiger partial charge in [0, 0.05) is 27.8 Å². The average Bonchev–Trinajstić information content (AvgIpc) is 2.37. The molecule has 6 nitrogen and oxygen atoms in total. The Labute approximate surface area is 129 Å². The highest BCUT2D eigenvalue weighted by Gasteiger charge is 2.18. The third-order valence-electron chi connectivity index (χ3n) is 2.39. The van der Waals surface area contributed by atoms with Crippen molar-refractivity contribution in [2.75, 3.05) is 0 Å². The smallest absolute Gasteiger partial charge is 0.274 e. The second kappa shape index (κ2) is 5.88. The van der Waals surface area contributed by atoms with Crippen LogP contribution in [-0.4, -0.2) is 13.3 Å². The minimum Gasteiger partial charge on any atom is -0.457 e. The van der Waals surface area contributed by atoms with Crippen LogP contribution in [0.5, 0.6) is 11.5 Å². The normalized spacial score (nSPS) is 11.1. The third-order valence-corrected chi connectivity index (χ3v) is 3.96. The molecule has 0 saturated heterocycles. The van der Waals surface area contributed by atoms with E-state index in [0.717, 1.165) is 18.2 Å². The van der Waals surface area contributed by atoms with Crippen LogP contribution in [0.15, 0.2) is 47.4 Å². The number of hydrogen-bond acceptors (Lipinski definition) is 5. The van der Waals surface area contributed by atoms with E-state index in [0.29, 0.717) is 10.8 Å². The van der Waals surface area contributed by atoms with Crippen molar-refractivity contribution in [2.45, 2.75) is 4.90 Å². The van der Waals surface area contributed by atoms with E-state index in [1.165, 1.54) is 6.07 Å². The molecule has 0 radical (unpaired) electrons. The molecule has 0 atom stereocenters. The van der Waals surface area contributed by atoms with Crippen LogP contribution >= 0.6 is 22.3 Å². The summed E-state index contributed by atoms with van der Waals surface area (Å²) in [6.07, 6.45) is 0. The van der Waals surface area contributed by atoms with Gasteiger partial charge in [0.25, 0.3) is 14.7 Å². The number of rotatable bonds is 4. The maximum absolute atomic E-state index is 11.3. The van der Waals surface area contributed by atoms with Crippen LogP contribution in [-0.2, 0) is 9.05 Å².